The minimum atomic E-state index is -4.42. The van der Waals surface area contributed by atoms with E-state index in [1.165, 1.54) is 10.6 Å². The number of hydrogen-bond acceptors (Lipinski definition) is 3. The van der Waals surface area contributed by atoms with Crippen LogP contribution in [0.3, 0.4) is 0 Å². The van der Waals surface area contributed by atoms with E-state index in [2.05, 4.69) is 4.98 Å². The van der Waals surface area contributed by atoms with Crippen molar-refractivity contribution in [1.82, 2.24) is 19.0 Å². The highest BCUT2D eigenvalue weighted by molar-refractivity contribution is 5.93. The summed E-state index contributed by atoms with van der Waals surface area (Å²) in [5, 5.41) is 0. The molecule has 0 unspecified atom stereocenters. The molecule has 3 heterocycles. The van der Waals surface area contributed by atoms with E-state index in [-0.39, 0.29) is 18.0 Å². The van der Waals surface area contributed by atoms with Gasteiger partial charge in [0.1, 0.15) is 11.4 Å². The number of aromatic nitrogens is 3. The van der Waals surface area contributed by atoms with Crippen molar-refractivity contribution in [2.24, 2.45) is 0 Å². The van der Waals surface area contributed by atoms with Gasteiger partial charge in [-0.05, 0) is 53.9 Å². The van der Waals surface area contributed by atoms with Crippen molar-refractivity contribution in [3.8, 4) is 16.8 Å². The number of nitrogens with zero attached hydrogens (tertiary/aromatic N) is 4. The Morgan fingerprint density at radius 3 is 2.40 bits per heavy atom. The minimum absolute atomic E-state index is 0.264. The number of carbonyl (C=O) groups is 1. The van der Waals surface area contributed by atoms with Crippen molar-refractivity contribution < 1.29 is 18.0 Å². The highest BCUT2D eigenvalue weighted by Gasteiger charge is 2.30. The van der Waals surface area contributed by atoms with E-state index in [1.807, 2.05) is 13.0 Å². The first-order valence-electron chi connectivity index (χ1n) is 11.0. The number of carbonyl (C=O) groups excluding carboxylic acids is 1. The summed E-state index contributed by atoms with van der Waals surface area (Å²) < 4.78 is 42.5. The number of pyridine rings is 1. The summed E-state index contributed by atoms with van der Waals surface area (Å²) in [4.78, 5) is 31.9. The third-order valence-corrected chi connectivity index (χ3v) is 6.07. The second-order valence-corrected chi connectivity index (χ2v) is 8.49. The summed E-state index contributed by atoms with van der Waals surface area (Å²) >= 11 is 0. The van der Waals surface area contributed by atoms with E-state index >= 15 is 0 Å². The fourth-order valence-electron chi connectivity index (χ4n) is 4.30. The molecule has 178 valence electrons. The maximum Gasteiger partial charge on any atom is 0.416 e. The van der Waals surface area contributed by atoms with Crippen molar-refractivity contribution in [2.75, 3.05) is 6.54 Å². The number of halogens is 3. The van der Waals surface area contributed by atoms with Crippen LogP contribution in [0.25, 0.3) is 16.8 Å². The smallest absolute Gasteiger partial charge is 0.331 e. The second-order valence-electron chi connectivity index (χ2n) is 8.49. The summed E-state index contributed by atoms with van der Waals surface area (Å²) in [5.41, 5.74) is 2.40. The van der Waals surface area contributed by atoms with Crippen molar-refractivity contribution >= 4 is 5.91 Å². The van der Waals surface area contributed by atoms with E-state index in [0.717, 1.165) is 23.4 Å². The summed E-state index contributed by atoms with van der Waals surface area (Å²) in [6.45, 7) is 2.79. The van der Waals surface area contributed by atoms with Gasteiger partial charge in [0.15, 0.2) is 0 Å². The fraction of sp³-hybridized carbons (Fsp3) is 0.192. The summed E-state index contributed by atoms with van der Waals surface area (Å²) in [6.07, 6.45) is -1.11. The number of benzene rings is 2. The highest BCUT2D eigenvalue weighted by atomic mass is 19.4. The molecule has 4 aromatic rings. The van der Waals surface area contributed by atoms with Crippen molar-refractivity contribution in [1.29, 1.82) is 0 Å². The predicted octanol–water partition coefficient (Wildman–Crippen LogP) is 4.68. The molecule has 0 saturated carbocycles. The SMILES string of the molecule is Cc1cn(-c2ccc3n(c2=O)CCN(Cc2cccc(-c4cccc(C(F)(F)F)c4)c2)C3=O)cn1. The lowest BCUT2D eigenvalue weighted by molar-refractivity contribution is -0.137. The fourth-order valence-corrected chi connectivity index (χ4v) is 4.30. The Bertz CT molecular complexity index is 1490. The van der Waals surface area contributed by atoms with Crippen LogP contribution in [-0.4, -0.2) is 31.5 Å². The Morgan fingerprint density at radius 2 is 1.69 bits per heavy atom. The lowest BCUT2D eigenvalue weighted by Gasteiger charge is -2.30. The third kappa shape index (κ3) is 4.37. The molecule has 1 amide bonds. The molecular formula is C26H21F3N4O2. The second kappa shape index (κ2) is 8.57. The normalized spacial score (nSPS) is 13.7. The number of alkyl halides is 3. The first-order valence-corrected chi connectivity index (χ1v) is 11.0. The molecule has 0 aliphatic carbocycles. The molecular weight excluding hydrogens is 457 g/mol. The van der Waals surface area contributed by atoms with Crippen LogP contribution in [0.1, 0.15) is 27.3 Å². The van der Waals surface area contributed by atoms with E-state index in [9.17, 15) is 22.8 Å². The summed E-state index contributed by atoms with van der Waals surface area (Å²) in [5.74, 6) is -0.272. The number of rotatable bonds is 4. The van der Waals surface area contributed by atoms with Gasteiger partial charge in [-0.3, -0.25) is 9.59 Å². The van der Waals surface area contributed by atoms with E-state index in [1.54, 1.807) is 58.4 Å². The van der Waals surface area contributed by atoms with Crippen LogP contribution in [0.4, 0.5) is 13.2 Å². The van der Waals surface area contributed by atoms with Crippen LogP contribution in [0, 0.1) is 6.92 Å². The van der Waals surface area contributed by atoms with Gasteiger partial charge < -0.3 is 14.0 Å². The lowest BCUT2D eigenvalue weighted by atomic mass is 10.0. The van der Waals surface area contributed by atoms with Gasteiger partial charge in [0, 0.05) is 25.8 Å². The number of amides is 1. The van der Waals surface area contributed by atoms with Crippen molar-refractivity contribution in [3.63, 3.8) is 0 Å². The van der Waals surface area contributed by atoms with Gasteiger partial charge in [0.2, 0.25) is 0 Å². The Morgan fingerprint density at radius 1 is 0.943 bits per heavy atom. The maximum absolute atomic E-state index is 13.2. The standard InChI is InChI=1S/C26H21F3N4O2/c1-17-14-32(16-30-17)22-8-9-23-24(34)31(10-11-33(23)25(22)35)15-18-4-2-5-19(12-18)20-6-3-7-21(13-20)26(27,28)29/h2-9,12-14,16H,10-11,15H2,1H3. The molecule has 0 fully saturated rings. The number of aryl methyl sites for hydroxylation is 1. The van der Waals surface area contributed by atoms with Crippen LogP contribution in [-0.2, 0) is 19.3 Å². The van der Waals surface area contributed by atoms with Crippen LogP contribution < -0.4 is 5.56 Å². The predicted molar refractivity (Wildman–Crippen MR) is 124 cm³/mol. The van der Waals surface area contributed by atoms with Crippen molar-refractivity contribution in [3.05, 3.63) is 106 Å². The van der Waals surface area contributed by atoms with E-state index in [4.69, 9.17) is 0 Å². The molecule has 9 heteroatoms. The Hall–Kier alpha value is -4.14. The average Bonchev–Trinajstić information content (AvgIpc) is 3.27. The lowest BCUT2D eigenvalue weighted by Crippen LogP contribution is -2.44. The molecule has 2 aromatic carbocycles. The minimum Gasteiger partial charge on any atom is -0.331 e. The average molecular weight is 478 g/mol. The van der Waals surface area contributed by atoms with Gasteiger partial charge in [-0.25, -0.2) is 4.98 Å². The largest absolute Gasteiger partial charge is 0.416 e. The van der Waals surface area contributed by atoms with Crippen LogP contribution in [0.2, 0.25) is 0 Å². The van der Waals surface area contributed by atoms with Gasteiger partial charge >= 0.3 is 6.18 Å². The Balaban J connectivity index is 1.39. The molecule has 0 bridgehead atoms. The van der Waals surface area contributed by atoms with Gasteiger partial charge in [-0.2, -0.15) is 13.2 Å². The molecule has 0 N–H and O–H groups in total. The zero-order valence-corrected chi connectivity index (χ0v) is 18.8. The molecule has 5 rings (SSSR count). The van der Waals surface area contributed by atoms with Gasteiger partial charge in [0.25, 0.3) is 11.5 Å². The summed E-state index contributed by atoms with van der Waals surface area (Å²) in [6, 6.07) is 15.5. The van der Waals surface area contributed by atoms with Gasteiger partial charge in [-0.1, -0.05) is 30.3 Å². The monoisotopic (exact) mass is 478 g/mol. The molecule has 0 radical (unpaired) electrons. The zero-order valence-electron chi connectivity index (χ0n) is 18.8. The molecule has 0 atom stereocenters. The number of fused-ring (bicyclic) bond motifs is 1. The van der Waals surface area contributed by atoms with Crippen LogP contribution in [0.15, 0.2) is 78.0 Å². The van der Waals surface area contributed by atoms with E-state index < -0.39 is 11.7 Å². The van der Waals surface area contributed by atoms with E-state index in [0.29, 0.717) is 35.6 Å². The molecule has 6 nitrogen and oxygen atoms in total. The number of imidazole rings is 1. The van der Waals surface area contributed by atoms with Gasteiger partial charge in [-0.15, -0.1) is 0 Å². The molecule has 1 aliphatic rings. The zero-order chi connectivity index (χ0) is 24.7. The Labute approximate surface area is 198 Å². The number of hydrogen-bond donors (Lipinski definition) is 0. The van der Waals surface area contributed by atoms with Gasteiger partial charge in [0.05, 0.1) is 17.6 Å². The molecule has 2 aromatic heterocycles. The van der Waals surface area contributed by atoms with Crippen LogP contribution >= 0.6 is 0 Å². The summed E-state index contributed by atoms with van der Waals surface area (Å²) in [7, 11) is 0. The first kappa shape index (κ1) is 22.6. The first-order chi connectivity index (χ1) is 16.7. The molecule has 0 saturated heterocycles. The van der Waals surface area contributed by atoms with Crippen molar-refractivity contribution in [2.45, 2.75) is 26.2 Å². The third-order valence-electron chi connectivity index (χ3n) is 6.07. The maximum atomic E-state index is 13.2. The quantitative estimate of drug-likeness (QED) is 0.428. The Kier molecular flexibility index (Phi) is 5.55. The highest BCUT2D eigenvalue weighted by Crippen LogP contribution is 2.32. The molecule has 35 heavy (non-hydrogen) atoms. The molecule has 1 aliphatic heterocycles. The van der Waals surface area contributed by atoms with Crippen LogP contribution in [0.5, 0.6) is 0 Å². The molecule has 0 spiro atoms. The topological polar surface area (TPSA) is 60.1 Å².